The molecule has 0 aliphatic heterocycles. The Morgan fingerprint density at radius 2 is 1.06 bits per heavy atom. The van der Waals surface area contributed by atoms with Crippen LogP contribution in [0.1, 0.15) is 11.1 Å². The van der Waals surface area contributed by atoms with Crippen molar-refractivity contribution in [2.45, 2.75) is 13.1 Å². The summed E-state index contributed by atoms with van der Waals surface area (Å²) < 4.78 is 4.04. The van der Waals surface area contributed by atoms with E-state index >= 15 is 0 Å². The molecule has 0 amide bonds. The molecule has 0 aliphatic rings. The van der Waals surface area contributed by atoms with E-state index in [4.69, 9.17) is 10.5 Å². The molecular formula is C14H12N4+2. The summed E-state index contributed by atoms with van der Waals surface area (Å²) in [6, 6.07) is 11.4. The number of pyridine rings is 2. The normalized spacial score (nSPS) is 9.44. The molecule has 0 fully saturated rings. The molecule has 0 spiro atoms. The molecule has 4 heteroatoms. The zero-order valence-electron chi connectivity index (χ0n) is 9.82. The fourth-order valence-corrected chi connectivity index (χ4v) is 1.59. The van der Waals surface area contributed by atoms with E-state index in [0.29, 0.717) is 11.1 Å². The summed E-state index contributed by atoms with van der Waals surface area (Å²) in [5, 5.41) is 17.4. The van der Waals surface area contributed by atoms with Gasteiger partial charge in [-0.15, -0.1) is 0 Å². The van der Waals surface area contributed by atoms with Crippen molar-refractivity contribution in [1.82, 2.24) is 0 Å². The molecule has 0 radical (unpaired) electrons. The molecule has 0 bridgehead atoms. The molecule has 0 aliphatic carbocycles. The topological polar surface area (TPSA) is 55.3 Å². The third kappa shape index (κ3) is 2.90. The molecule has 0 aromatic carbocycles. The maximum atomic E-state index is 8.70. The first kappa shape index (κ1) is 11.8. The van der Waals surface area contributed by atoms with E-state index in [1.54, 1.807) is 24.3 Å². The van der Waals surface area contributed by atoms with Crippen LogP contribution in [0.25, 0.3) is 0 Å². The summed E-state index contributed by atoms with van der Waals surface area (Å²) in [5.74, 6) is 0. The van der Waals surface area contributed by atoms with Crippen molar-refractivity contribution in [1.29, 1.82) is 10.5 Å². The third-order valence-electron chi connectivity index (χ3n) is 2.66. The minimum atomic E-state index is 0.664. The molecule has 0 atom stereocenters. The average Bonchev–Trinajstić information content (AvgIpc) is 2.46. The molecule has 2 rings (SSSR count). The van der Waals surface area contributed by atoms with Gasteiger partial charge in [-0.3, -0.25) is 0 Å². The van der Waals surface area contributed by atoms with Crippen molar-refractivity contribution < 1.29 is 9.13 Å². The Morgan fingerprint density at radius 1 is 0.722 bits per heavy atom. The van der Waals surface area contributed by atoms with E-state index in [1.807, 2.05) is 33.9 Å². The van der Waals surface area contributed by atoms with Crippen molar-refractivity contribution in [3.05, 3.63) is 60.2 Å². The highest BCUT2D eigenvalue weighted by molar-refractivity contribution is 5.24. The van der Waals surface area contributed by atoms with E-state index in [2.05, 4.69) is 12.1 Å². The summed E-state index contributed by atoms with van der Waals surface area (Å²) in [5.41, 5.74) is 1.33. The predicted octanol–water partition coefficient (Wildman–Crippen LogP) is 0.705. The van der Waals surface area contributed by atoms with E-state index < -0.39 is 0 Å². The molecule has 0 saturated carbocycles. The monoisotopic (exact) mass is 236 g/mol. The molecule has 2 aromatic heterocycles. The summed E-state index contributed by atoms with van der Waals surface area (Å²) in [7, 11) is 0. The second kappa shape index (κ2) is 5.56. The van der Waals surface area contributed by atoms with Gasteiger partial charge in [0.05, 0.1) is 23.3 Å². The Bertz CT molecular complexity index is 543. The number of aromatic nitrogens is 2. The molecule has 4 nitrogen and oxygen atoms in total. The zero-order valence-corrected chi connectivity index (χ0v) is 9.82. The van der Waals surface area contributed by atoms with Crippen LogP contribution in [-0.2, 0) is 13.1 Å². The van der Waals surface area contributed by atoms with Crippen LogP contribution < -0.4 is 9.13 Å². The maximum absolute atomic E-state index is 8.70. The first-order valence-electron chi connectivity index (χ1n) is 5.60. The van der Waals surface area contributed by atoms with Crippen LogP contribution in [0.3, 0.4) is 0 Å². The van der Waals surface area contributed by atoms with E-state index in [9.17, 15) is 0 Å². The van der Waals surface area contributed by atoms with Crippen LogP contribution in [0.2, 0.25) is 0 Å². The van der Waals surface area contributed by atoms with Crippen molar-refractivity contribution in [3.63, 3.8) is 0 Å². The second-order valence-electron chi connectivity index (χ2n) is 3.87. The zero-order chi connectivity index (χ0) is 12.8. The van der Waals surface area contributed by atoms with E-state index in [0.717, 1.165) is 13.1 Å². The number of nitriles is 2. The van der Waals surface area contributed by atoms with Gasteiger partial charge in [0.1, 0.15) is 0 Å². The number of nitrogens with zero attached hydrogens (tertiary/aromatic N) is 4. The van der Waals surface area contributed by atoms with Gasteiger partial charge in [-0.2, -0.15) is 19.7 Å². The largest absolute Gasteiger partial charge is 0.206 e. The predicted molar refractivity (Wildman–Crippen MR) is 62.7 cm³/mol. The first-order valence-corrected chi connectivity index (χ1v) is 5.60. The minimum absolute atomic E-state index is 0.664. The van der Waals surface area contributed by atoms with Gasteiger partial charge in [0, 0.05) is 24.3 Å². The van der Waals surface area contributed by atoms with Crippen LogP contribution in [0.15, 0.2) is 49.1 Å². The van der Waals surface area contributed by atoms with Crippen LogP contribution in [0.4, 0.5) is 0 Å². The Morgan fingerprint density at radius 3 is 1.33 bits per heavy atom. The van der Waals surface area contributed by atoms with Gasteiger partial charge < -0.3 is 0 Å². The lowest BCUT2D eigenvalue weighted by Gasteiger charge is -1.95. The molecular weight excluding hydrogens is 224 g/mol. The molecule has 0 N–H and O–H groups in total. The molecule has 18 heavy (non-hydrogen) atoms. The highest BCUT2D eigenvalue weighted by Crippen LogP contribution is 1.92. The van der Waals surface area contributed by atoms with Gasteiger partial charge in [0.25, 0.3) is 0 Å². The Balaban J connectivity index is 1.98. The molecule has 2 aromatic rings. The summed E-state index contributed by atoms with van der Waals surface area (Å²) in [4.78, 5) is 0. The lowest BCUT2D eigenvalue weighted by molar-refractivity contribution is -0.778. The standard InChI is InChI=1S/C14H12N4/c15-11-13-1-5-17(6-2-13)9-10-18-7-3-14(12-16)4-8-18/h1-8H,9-10H2/q+2. The second-order valence-corrected chi connectivity index (χ2v) is 3.87. The summed E-state index contributed by atoms with van der Waals surface area (Å²) in [6.45, 7) is 1.64. The highest BCUT2D eigenvalue weighted by Gasteiger charge is 2.06. The van der Waals surface area contributed by atoms with Gasteiger partial charge in [-0.25, -0.2) is 0 Å². The lowest BCUT2D eigenvalue weighted by Crippen LogP contribution is -2.43. The molecule has 2 heterocycles. The van der Waals surface area contributed by atoms with Gasteiger partial charge in [-0.1, -0.05) is 0 Å². The van der Waals surface area contributed by atoms with Gasteiger partial charge in [0.15, 0.2) is 24.8 Å². The smallest absolute Gasteiger partial charge is 0.198 e. The quantitative estimate of drug-likeness (QED) is 0.737. The SMILES string of the molecule is N#Cc1cc[n+](CC[n+]2ccc(C#N)cc2)cc1. The van der Waals surface area contributed by atoms with Crippen LogP contribution in [-0.4, -0.2) is 0 Å². The lowest BCUT2D eigenvalue weighted by atomic mass is 10.3. The molecule has 0 unspecified atom stereocenters. The first-order chi connectivity index (χ1) is 8.81. The average molecular weight is 236 g/mol. The van der Waals surface area contributed by atoms with Gasteiger partial charge >= 0.3 is 0 Å². The minimum Gasteiger partial charge on any atom is -0.198 e. The third-order valence-corrected chi connectivity index (χ3v) is 2.66. The fourth-order valence-electron chi connectivity index (χ4n) is 1.59. The van der Waals surface area contributed by atoms with Gasteiger partial charge in [-0.05, 0) is 0 Å². The Labute approximate surface area is 106 Å². The number of hydrogen-bond acceptors (Lipinski definition) is 2. The maximum Gasteiger partial charge on any atom is 0.206 e. The molecule has 0 saturated heterocycles. The fraction of sp³-hybridized carbons (Fsp3) is 0.143. The number of rotatable bonds is 3. The Hall–Kier alpha value is -2.72. The highest BCUT2D eigenvalue weighted by atomic mass is 15.0. The van der Waals surface area contributed by atoms with Crippen LogP contribution >= 0.6 is 0 Å². The van der Waals surface area contributed by atoms with E-state index in [1.165, 1.54) is 0 Å². The van der Waals surface area contributed by atoms with Crippen molar-refractivity contribution in [2.75, 3.05) is 0 Å². The van der Waals surface area contributed by atoms with Crippen LogP contribution in [0, 0.1) is 22.7 Å². The molecule has 86 valence electrons. The number of aryl methyl sites for hydroxylation is 2. The van der Waals surface area contributed by atoms with Gasteiger partial charge in [0.2, 0.25) is 13.1 Å². The van der Waals surface area contributed by atoms with Crippen molar-refractivity contribution in [2.24, 2.45) is 0 Å². The van der Waals surface area contributed by atoms with Crippen LogP contribution in [0.5, 0.6) is 0 Å². The van der Waals surface area contributed by atoms with Crippen molar-refractivity contribution in [3.8, 4) is 12.1 Å². The number of hydrogen-bond donors (Lipinski definition) is 0. The van der Waals surface area contributed by atoms with Crippen molar-refractivity contribution >= 4 is 0 Å². The Kier molecular flexibility index (Phi) is 3.63. The summed E-state index contributed by atoms with van der Waals surface area (Å²) in [6.07, 6.45) is 7.57. The summed E-state index contributed by atoms with van der Waals surface area (Å²) >= 11 is 0. The van der Waals surface area contributed by atoms with E-state index in [-0.39, 0.29) is 0 Å².